The largest absolute Gasteiger partial charge is 0.493 e. The quantitative estimate of drug-likeness (QED) is 0.675. The molecule has 0 saturated carbocycles. The number of rotatable bonds is 7. The van der Waals surface area contributed by atoms with Gasteiger partial charge in [-0.1, -0.05) is 12.8 Å². The van der Waals surface area contributed by atoms with E-state index in [0.29, 0.717) is 56.5 Å². The Bertz CT molecular complexity index is 847. The molecule has 1 unspecified atom stereocenters. The molecule has 0 bridgehead atoms. The first-order valence-electron chi connectivity index (χ1n) is 10.9. The molecule has 9 nitrogen and oxygen atoms in total. The summed E-state index contributed by atoms with van der Waals surface area (Å²) in [5.74, 6) is 0.992. The molecule has 10 heteroatoms. The van der Waals surface area contributed by atoms with E-state index in [2.05, 4.69) is 5.32 Å². The number of amides is 1. The van der Waals surface area contributed by atoms with Crippen molar-refractivity contribution in [3.05, 3.63) is 18.2 Å². The maximum atomic E-state index is 13.0. The number of carbonyl (C=O) groups is 1. The number of methoxy groups -OCH3 is 2. The molecule has 0 spiro atoms. The average molecular weight is 455 g/mol. The highest BCUT2D eigenvalue weighted by Crippen LogP contribution is 2.30. The third kappa shape index (κ3) is 5.68. The van der Waals surface area contributed by atoms with Crippen LogP contribution in [0.25, 0.3) is 0 Å². The third-order valence-corrected chi connectivity index (χ3v) is 8.10. The minimum absolute atomic E-state index is 0.143. The van der Waals surface area contributed by atoms with Crippen molar-refractivity contribution in [1.29, 1.82) is 0 Å². The molecule has 2 saturated heterocycles. The molecule has 2 heterocycles. The normalized spacial score (nSPS) is 20.6. The summed E-state index contributed by atoms with van der Waals surface area (Å²) in [6.45, 7) is 4.88. The number of ether oxygens (including phenoxy) is 2. The Balaban J connectivity index is 1.56. The molecule has 1 amide bonds. The Morgan fingerprint density at radius 2 is 1.48 bits per heavy atom. The Labute approximate surface area is 185 Å². The van der Waals surface area contributed by atoms with E-state index < -0.39 is 10.2 Å². The number of hydrogen-bond acceptors (Lipinski definition) is 6. The van der Waals surface area contributed by atoms with Gasteiger partial charge in [-0.3, -0.25) is 9.69 Å². The van der Waals surface area contributed by atoms with Gasteiger partial charge in [0, 0.05) is 51.0 Å². The molecule has 1 N–H and O–H groups in total. The van der Waals surface area contributed by atoms with Crippen LogP contribution >= 0.6 is 0 Å². The minimum Gasteiger partial charge on any atom is -0.493 e. The molecule has 0 aliphatic carbocycles. The fraction of sp³-hybridized carbons (Fsp3) is 0.667. The SMILES string of the molecule is COc1ccc(NC(=O)C(C)N2CCN(S(=O)(=O)N3CCCCCC3)CC2)cc1OC. The van der Waals surface area contributed by atoms with Crippen LogP contribution in [0.1, 0.15) is 32.6 Å². The van der Waals surface area contributed by atoms with Gasteiger partial charge in [-0.15, -0.1) is 0 Å². The molecule has 1 aromatic rings. The lowest BCUT2D eigenvalue weighted by Gasteiger charge is -2.38. The number of hydrogen-bond donors (Lipinski definition) is 1. The lowest BCUT2D eigenvalue weighted by atomic mass is 10.2. The molecule has 2 fully saturated rings. The lowest BCUT2D eigenvalue weighted by molar-refractivity contribution is -0.121. The van der Waals surface area contributed by atoms with Gasteiger partial charge in [0.1, 0.15) is 0 Å². The molecule has 0 aromatic heterocycles. The summed E-state index contributed by atoms with van der Waals surface area (Å²) in [5, 5.41) is 2.91. The summed E-state index contributed by atoms with van der Waals surface area (Å²) in [7, 11) is -0.320. The fourth-order valence-corrected chi connectivity index (χ4v) is 5.75. The second-order valence-corrected chi connectivity index (χ2v) is 9.92. The van der Waals surface area contributed by atoms with Gasteiger partial charge >= 0.3 is 0 Å². The summed E-state index contributed by atoms with van der Waals surface area (Å²) in [5.41, 5.74) is 0.622. The Morgan fingerprint density at radius 3 is 2.06 bits per heavy atom. The summed E-state index contributed by atoms with van der Waals surface area (Å²) in [4.78, 5) is 14.8. The predicted octanol–water partition coefficient (Wildman–Crippen LogP) is 1.77. The van der Waals surface area contributed by atoms with Crippen LogP contribution in [0.2, 0.25) is 0 Å². The van der Waals surface area contributed by atoms with Crippen molar-refractivity contribution in [1.82, 2.24) is 13.5 Å². The van der Waals surface area contributed by atoms with E-state index in [1.54, 1.807) is 41.0 Å². The van der Waals surface area contributed by atoms with E-state index >= 15 is 0 Å². The Kier molecular flexibility index (Phi) is 8.15. The number of piperazine rings is 1. The summed E-state index contributed by atoms with van der Waals surface area (Å²) < 4.78 is 39.7. The van der Waals surface area contributed by atoms with E-state index in [1.807, 2.05) is 11.8 Å². The van der Waals surface area contributed by atoms with Gasteiger partial charge in [-0.2, -0.15) is 17.0 Å². The van der Waals surface area contributed by atoms with E-state index in [0.717, 1.165) is 25.7 Å². The maximum Gasteiger partial charge on any atom is 0.282 e. The van der Waals surface area contributed by atoms with Gasteiger partial charge < -0.3 is 14.8 Å². The van der Waals surface area contributed by atoms with Crippen LogP contribution in [0.15, 0.2) is 18.2 Å². The second-order valence-electron chi connectivity index (χ2n) is 7.99. The highest BCUT2D eigenvalue weighted by molar-refractivity contribution is 7.86. The zero-order valence-corrected chi connectivity index (χ0v) is 19.5. The first kappa shape index (κ1) is 23.8. The average Bonchev–Trinajstić information content (AvgIpc) is 3.08. The highest BCUT2D eigenvalue weighted by atomic mass is 32.2. The summed E-state index contributed by atoms with van der Waals surface area (Å²) in [6.07, 6.45) is 4.03. The standard InChI is InChI=1S/C21H34N4O5S/c1-17(21(26)22-18-8-9-19(29-2)20(16-18)30-3)23-12-14-25(15-13-23)31(27,28)24-10-6-4-5-7-11-24/h8-9,16-17H,4-7,10-15H2,1-3H3,(H,22,26). The molecule has 3 rings (SSSR count). The van der Waals surface area contributed by atoms with Crippen LogP contribution in [0.3, 0.4) is 0 Å². The van der Waals surface area contributed by atoms with Crippen molar-refractivity contribution >= 4 is 21.8 Å². The topological polar surface area (TPSA) is 91.4 Å². The number of benzene rings is 1. The van der Waals surface area contributed by atoms with Gasteiger partial charge in [0.15, 0.2) is 11.5 Å². The maximum absolute atomic E-state index is 13.0. The molecule has 1 aromatic carbocycles. The monoisotopic (exact) mass is 454 g/mol. The van der Waals surface area contributed by atoms with Gasteiger partial charge in [0.05, 0.1) is 20.3 Å². The van der Waals surface area contributed by atoms with Gasteiger partial charge in [0.25, 0.3) is 10.2 Å². The van der Waals surface area contributed by atoms with Crippen molar-refractivity contribution in [3.8, 4) is 11.5 Å². The van der Waals surface area contributed by atoms with Crippen molar-refractivity contribution in [3.63, 3.8) is 0 Å². The zero-order chi connectivity index (χ0) is 22.4. The molecular weight excluding hydrogens is 420 g/mol. The molecule has 1 atom stereocenters. The first-order chi connectivity index (χ1) is 14.9. The third-order valence-electron chi connectivity index (χ3n) is 6.07. The molecule has 2 aliphatic heterocycles. The smallest absolute Gasteiger partial charge is 0.282 e. The zero-order valence-electron chi connectivity index (χ0n) is 18.7. The summed E-state index contributed by atoms with van der Waals surface area (Å²) >= 11 is 0. The van der Waals surface area contributed by atoms with Crippen LogP contribution in [0, 0.1) is 0 Å². The number of carbonyl (C=O) groups excluding carboxylic acids is 1. The van der Waals surface area contributed by atoms with Gasteiger partial charge in [-0.25, -0.2) is 0 Å². The van der Waals surface area contributed by atoms with Crippen LogP contribution in [0.5, 0.6) is 11.5 Å². The van der Waals surface area contributed by atoms with Crippen LogP contribution in [-0.4, -0.2) is 87.4 Å². The van der Waals surface area contributed by atoms with Crippen LogP contribution < -0.4 is 14.8 Å². The van der Waals surface area contributed by atoms with Crippen LogP contribution in [-0.2, 0) is 15.0 Å². The second kappa shape index (κ2) is 10.6. The highest BCUT2D eigenvalue weighted by Gasteiger charge is 2.34. The predicted molar refractivity (Wildman–Crippen MR) is 120 cm³/mol. The van der Waals surface area contributed by atoms with E-state index in [1.165, 1.54) is 0 Å². The van der Waals surface area contributed by atoms with E-state index in [-0.39, 0.29) is 11.9 Å². The molecule has 174 valence electrons. The number of anilines is 1. The summed E-state index contributed by atoms with van der Waals surface area (Å²) in [6, 6.07) is 4.84. The van der Waals surface area contributed by atoms with E-state index in [4.69, 9.17) is 9.47 Å². The fourth-order valence-electron chi connectivity index (χ4n) is 4.08. The molecule has 0 radical (unpaired) electrons. The van der Waals surface area contributed by atoms with E-state index in [9.17, 15) is 13.2 Å². The van der Waals surface area contributed by atoms with Crippen molar-refractivity contribution in [2.45, 2.75) is 38.6 Å². The molecular formula is C21H34N4O5S. The van der Waals surface area contributed by atoms with Crippen LogP contribution in [0.4, 0.5) is 5.69 Å². The Morgan fingerprint density at radius 1 is 0.903 bits per heavy atom. The Hall–Kier alpha value is -1.88. The first-order valence-corrected chi connectivity index (χ1v) is 12.3. The molecule has 31 heavy (non-hydrogen) atoms. The van der Waals surface area contributed by atoms with Crippen molar-refractivity contribution in [2.75, 3.05) is 58.8 Å². The van der Waals surface area contributed by atoms with Crippen molar-refractivity contribution < 1.29 is 22.7 Å². The van der Waals surface area contributed by atoms with Gasteiger partial charge in [0.2, 0.25) is 5.91 Å². The van der Waals surface area contributed by atoms with Crippen molar-refractivity contribution in [2.24, 2.45) is 0 Å². The number of nitrogens with zero attached hydrogens (tertiary/aromatic N) is 3. The molecule has 2 aliphatic rings. The number of nitrogens with one attached hydrogen (secondary N) is 1. The lowest BCUT2D eigenvalue weighted by Crippen LogP contribution is -2.56. The minimum atomic E-state index is -3.43. The van der Waals surface area contributed by atoms with Gasteiger partial charge in [-0.05, 0) is 31.9 Å².